The summed E-state index contributed by atoms with van der Waals surface area (Å²) in [6.07, 6.45) is 1.41. The molecule has 0 bridgehead atoms. The molecule has 0 saturated carbocycles. The van der Waals surface area contributed by atoms with Crippen molar-refractivity contribution in [3.05, 3.63) is 0 Å². The van der Waals surface area contributed by atoms with Crippen LogP contribution in [0, 0.1) is 5.41 Å². The van der Waals surface area contributed by atoms with Crippen LogP contribution in [0.1, 0.15) is 33.1 Å². The topological polar surface area (TPSA) is 121 Å². The van der Waals surface area contributed by atoms with Gasteiger partial charge in [0.05, 0.1) is 0 Å². The first-order chi connectivity index (χ1) is 8.68. The summed E-state index contributed by atoms with van der Waals surface area (Å²) in [5, 5.41) is 17.3. The third kappa shape index (κ3) is 8.15. The van der Waals surface area contributed by atoms with Crippen molar-refractivity contribution in [1.82, 2.24) is 4.90 Å². The van der Waals surface area contributed by atoms with Crippen LogP contribution in [0.25, 0.3) is 0 Å². The molecule has 19 heavy (non-hydrogen) atoms. The van der Waals surface area contributed by atoms with E-state index in [-0.39, 0.29) is 11.8 Å². The van der Waals surface area contributed by atoms with Gasteiger partial charge in [-0.1, -0.05) is 13.8 Å². The van der Waals surface area contributed by atoms with Gasteiger partial charge in [0.1, 0.15) is 13.1 Å². The van der Waals surface area contributed by atoms with Crippen molar-refractivity contribution in [2.24, 2.45) is 11.1 Å². The Morgan fingerprint density at radius 3 is 1.89 bits per heavy atom. The Hall–Kier alpha value is -1.63. The van der Waals surface area contributed by atoms with E-state index in [1.54, 1.807) is 0 Å². The number of hydrogen-bond acceptors (Lipinski definition) is 4. The summed E-state index contributed by atoms with van der Waals surface area (Å²) in [4.78, 5) is 33.9. The molecule has 0 fully saturated rings. The van der Waals surface area contributed by atoms with Crippen molar-refractivity contribution < 1.29 is 24.6 Å². The highest BCUT2D eigenvalue weighted by Crippen LogP contribution is 2.26. The van der Waals surface area contributed by atoms with Crippen LogP contribution >= 0.6 is 0 Å². The Kier molecular flexibility index (Phi) is 7.06. The molecule has 0 aromatic rings. The van der Waals surface area contributed by atoms with Crippen LogP contribution in [0.5, 0.6) is 0 Å². The Balaban J connectivity index is 4.47. The smallest absolute Gasteiger partial charge is 0.323 e. The van der Waals surface area contributed by atoms with Gasteiger partial charge < -0.3 is 20.8 Å². The SMILES string of the molecule is CC(C)(CCN)CCC(=O)N(CC(=O)O)CC(=O)O. The van der Waals surface area contributed by atoms with Crippen molar-refractivity contribution in [3.8, 4) is 0 Å². The van der Waals surface area contributed by atoms with Crippen LogP contribution in [-0.2, 0) is 14.4 Å². The van der Waals surface area contributed by atoms with Gasteiger partial charge in [-0.15, -0.1) is 0 Å². The van der Waals surface area contributed by atoms with Crippen molar-refractivity contribution in [2.45, 2.75) is 33.1 Å². The number of amides is 1. The molecular formula is C12H22N2O5. The summed E-state index contributed by atoms with van der Waals surface area (Å²) in [5.74, 6) is -2.92. The number of aliphatic carboxylic acids is 2. The van der Waals surface area contributed by atoms with Gasteiger partial charge >= 0.3 is 11.9 Å². The molecule has 0 spiro atoms. The number of carboxylic acid groups (broad SMARTS) is 2. The van der Waals surface area contributed by atoms with Crippen molar-refractivity contribution in [2.75, 3.05) is 19.6 Å². The summed E-state index contributed by atoms with van der Waals surface area (Å²) < 4.78 is 0. The molecule has 0 saturated heterocycles. The number of carboxylic acids is 2. The van der Waals surface area contributed by atoms with Crippen LogP contribution in [0.2, 0.25) is 0 Å². The number of nitrogens with zero attached hydrogens (tertiary/aromatic N) is 1. The van der Waals surface area contributed by atoms with Crippen LogP contribution in [-0.4, -0.2) is 52.6 Å². The number of carbonyl (C=O) groups excluding carboxylic acids is 1. The van der Waals surface area contributed by atoms with Gasteiger partial charge in [0.25, 0.3) is 0 Å². The van der Waals surface area contributed by atoms with Crippen molar-refractivity contribution in [3.63, 3.8) is 0 Å². The maximum atomic E-state index is 11.8. The lowest BCUT2D eigenvalue weighted by Gasteiger charge is -2.25. The maximum Gasteiger partial charge on any atom is 0.323 e. The second-order valence-corrected chi connectivity index (χ2v) is 5.24. The first-order valence-electron chi connectivity index (χ1n) is 6.09. The molecular weight excluding hydrogens is 252 g/mol. The maximum absolute atomic E-state index is 11.8. The predicted molar refractivity (Wildman–Crippen MR) is 68.5 cm³/mol. The monoisotopic (exact) mass is 274 g/mol. The molecule has 1 amide bonds. The van der Waals surface area contributed by atoms with Crippen LogP contribution < -0.4 is 5.73 Å². The molecule has 0 aliphatic carbocycles. The van der Waals surface area contributed by atoms with Crippen LogP contribution in [0.4, 0.5) is 0 Å². The molecule has 7 nitrogen and oxygen atoms in total. The van der Waals surface area contributed by atoms with E-state index in [0.717, 1.165) is 11.3 Å². The fourth-order valence-corrected chi connectivity index (χ4v) is 1.68. The lowest BCUT2D eigenvalue weighted by atomic mass is 9.84. The molecule has 0 radical (unpaired) electrons. The second-order valence-electron chi connectivity index (χ2n) is 5.24. The summed E-state index contributed by atoms with van der Waals surface area (Å²) in [6.45, 7) is 3.25. The molecule has 0 heterocycles. The minimum Gasteiger partial charge on any atom is -0.480 e. The Morgan fingerprint density at radius 2 is 1.53 bits per heavy atom. The highest BCUT2D eigenvalue weighted by molar-refractivity contribution is 5.85. The van der Waals surface area contributed by atoms with Gasteiger partial charge in [-0.25, -0.2) is 0 Å². The molecule has 0 aliphatic rings. The van der Waals surface area contributed by atoms with E-state index in [0.29, 0.717) is 13.0 Å². The quantitative estimate of drug-likeness (QED) is 0.550. The lowest BCUT2D eigenvalue weighted by Crippen LogP contribution is -2.39. The van der Waals surface area contributed by atoms with E-state index in [1.807, 2.05) is 13.8 Å². The molecule has 0 aliphatic heterocycles. The molecule has 0 unspecified atom stereocenters. The normalized spacial score (nSPS) is 11.1. The zero-order valence-electron chi connectivity index (χ0n) is 11.4. The third-order valence-electron chi connectivity index (χ3n) is 2.84. The molecule has 0 atom stereocenters. The van der Waals surface area contributed by atoms with Gasteiger partial charge in [0.2, 0.25) is 5.91 Å². The van der Waals surface area contributed by atoms with Crippen molar-refractivity contribution in [1.29, 1.82) is 0 Å². The first kappa shape index (κ1) is 17.4. The van der Waals surface area contributed by atoms with E-state index in [4.69, 9.17) is 15.9 Å². The largest absolute Gasteiger partial charge is 0.480 e. The van der Waals surface area contributed by atoms with Gasteiger partial charge in [-0.05, 0) is 24.8 Å². The lowest BCUT2D eigenvalue weighted by molar-refractivity contribution is -0.149. The Bertz CT molecular complexity index is 325. The number of rotatable bonds is 9. The first-order valence-corrected chi connectivity index (χ1v) is 6.09. The molecule has 0 aromatic heterocycles. The van der Waals surface area contributed by atoms with E-state index in [9.17, 15) is 14.4 Å². The zero-order valence-corrected chi connectivity index (χ0v) is 11.4. The minimum absolute atomic E-state index is 0.119. The molecule has 0 aromatic carbocycles. The molecule has 4 N–H and O–H groups in total. The van der Waals surface area contributed by atoms with Gasteiger partial charge in [-0.2, -0.15) is 0 Å². The predicted octanol–water partition coefficient (Wildman–Crippen LogP) is 0.139. The average Bonchev–Trinajstić information content (AvgIpc) is 2.23. The van der Waals surface area contributed by atoms with Gasteiger partial charge in [-0.3, -0.25) is 14.4 Å². The molecule has 0 rings (SSSR count). The minimum atomic E-state index is -1.23. The van der Waals surface area contributed by atoms with E-state index in [2.05, 4.69) is 0 Å². The van der Waals surface area contributed by atoms with E-state index < -0.39 is 30.9 Å². The average molecular weight is 274 g/mol. The fourth-order valence-electron chi connectivity index (χ4n) is 1.68. The zero-order chi connectivity index (χ0) is 15.1. The van der Waals surface area contributed by atoms with Crippen LogP contribution in [0.3, 0.4) is 0 Å². The Morgan fingerprint density at radius 1 is 1.05 bits per heavy atom. The van der Waals surface area contributed by atoms with E-state index >= 15 is 0 Å². The highest BCUT2D eigenvalue weighted by atomic mass is 16.4. The standard InChI is InChI=1S/C12H22N2O5/c1-12(2,5-6-13)4-3-9(15)14(7-10(16)17)8-11(18)19/h3-8,13H2,1-2H3,(H,16,17)(H,18,19). The third-order valence-corrected chi connectivity index (χ3v) is 2.84. The number of carbonyl (C=O) groups is 3. The van der Waals surface area contributed by atoms with Gasteiger partial charge in [0.15, 0.2) is 0 Å². The van der Waals surface area contributed by atoms with Crippen molar-refractivity contribution >= 4 is 17.8 Å². The van der Waals surface area contributed by atoms with E-state index in [1.165, 1.54) is 0 Å². The molecule has 110 valence electrons. The highest BCUT2D eigenvalue weighted by Gasteiger charge is 2.23. The Labute approximate surface area is 112 Å². The molecule has 7 heteroatoms. The number of nitrogens with two attached hydrogens (primary N) is 1. The second kappa shape index (κ2) is 7.73. The fraction of sp³-hybridized carbons (Fsp3) is 0.750. The van der Waals surface area contributed by atoms with Gasteiger partial charge in [0, 0.05) is 6.42 Å². The van der Waals surface area contributed by atoms with Crippen LogP contribution in [0.15, 0.2) is 0 Å². The summed E-state index contributed by atoms with van der Waals surface area (Å²) >= 11 is 0. The number of hydrogen-bond donors (Lipinski definition) is 3. The summed E-state index contributed by atoms with van der Waals surface area (Å²) in [7, 11) is 0. The summed E-state index contributed by atoms with van der Waals surface area (Å²) in [6, 6.07) is 0. The summed E-state index contributed by atoms with van der Waals surface area (Å²) in [5.41, 5.74) is 5.34.